The van der Waals surface area contributed by atoms with Crippen LogP contribution in [0.5, 0.6) is 0 Å². The van der Waals surface area contributed by atoms with Gasteiger partial charge < -0.3 is 9.84 Å². The summed E-state index contributed by atoms with van der Waals surface area (Å²) in [5.41, 5.74) is 0.667. The van der Waals surface area contributed by atoms with Crippen molar-refractivity contribution in [3.05, 3.63) is 11.3 Å². The lowest BCUT2D eigenvalue weighted by atomic mass is 9.79. The van der Waals surface area contributed by atoms with Crippen molar-refractivity contribution in [1.29, 1.82) is 0 Å². The molecule has 0 unspecified atom stereocenters. The van der Waals surface area contributed by atoms with Gasteiger partial charge in [0, 0.05) is 25.3 Å². The molecule has 4 heterocycles. The zero-order chi connectivity index (χ0) is 19.3. The number of tetrazole rings is 1. The maximum absolute atomic E-state index is 12.7. The highest BCUT2D eigenvalue weighted by atomic mass is 32.2. The minimum atomic E-state index is -1.14. The van der Waals surface area contributed by atoms with Crippen LogP contribution < -0.4 is 0 Å². The number of aromatic nitrogens is 4. The van der Waals surface area contributed by atoms with Gasteiger partial charge in [-0.2, -0.15) is 0 Å². The Morgan fingerprint density at radius 2 is 2.19 bits per heavy atom. The predicted octanol–water partition coefficient (Wildman–Crippen LogP) is -0.288. The summed E-state index contributed by atoms with van der Waals surface area (Å²) in [6.07, 6.45) is -0.0244. The van der Waals surface area contributed by atoms with Gasteiger partial charge in [0.1, 0.15) is 11.7 Å². The number of carboxylic acid groups (broad SMARTS) is 1. The molecule has 4 rings (SSSR count). The molecule has 0 aromatic carbocycles. The summed E-state index contributed by atoms with van der Waals surface area (Å²) >= 11 is 1.31. The number of carbonyl (C=O) groups is 3. The molecule has 0 spiro atoms. The maximum atomic E-state index is 12.7. The van der Waals surface area contributed by atoms with Crippen LogP contribution in [0.1, 0.15) is 13.3 Å². The quantitative estimate of drug-likeness (QED) is 0.529. The van der Waals surface area contributed by atoms with Crippen molar-refractivity contribution in [2.75, 3.05) is 18.9 Å². The molecule has 2 fully saturated rings. The molecule has 0 saturated carbocycles. The first-order valence-corrected chi connectivity index (χ1v) is 9.49. The lowest BCUT2D eigenvalue weighted by Gasteiger charge is -2.49. The van der Waals surface area contributed by atoms with E-state index in [0.717, 1.165) is 0 Å². The molecule has 3 aliphatic rings. The average molecular weight is 394 g/mol. The summed E-state index contributed by atoms with van der Waals surface area (Å²) in [5, 5.41) is 21.4. The van der Waals surface area contributed by atoms with Crippen molar-refractivity contribution < 1.29 is 24.2 Å². The van der Waals surface area contributed by atoms with Crippen LogP contribution >= 0.6 is 11.8 Å². The number of hydrogen-bond acceptors (Lipinski definition) is 8. The fourth-order valence-corrected chi connectivity index (χ4v) is 4.93. The third-order valence-corrected chi connectivity index (χ3v) is 6.20. The molecule has 3 atom stereocenters. The normalized spacial score (nSPS) is 26.1. The third-order valence-electron chi connectivity index (χ3n) is 5.11. The molecular formula is C15H18N6O5S. The van der Waals surface area contributed by atoms with Crippen LogP contribution in [0.4, 0.5) is 4.79 Å². The fourth-order valence-electron chi connectivity index (χ4n) is 4.05. The van der Waals surface area contributed by atoms with Gasteiger partial charge in [0.2, 0.25) is 5.16 Å². The van der Waals surface area contributed by atoms with Gasteiger partial charge in [0.25, 0.3) is 5.91 Å². The van der Waals surface area contributed by atoms with Crippen LogP contribution in [0.3, 0.4) is 0 Å². The lowest BCUT2D eigenvalue weighted by molar-refractivity contribution is -0.156. The minimum Gasteiger partial charge on any atom is -0.477 e. The maximum Gasteiger partial charge on any atom is 0.410 e. The van der Waals surface area contributed by atoms with E-state index < -0.39 is 18.1 Å². The molecule has 2 saturated heterocycles. The summed E-state index contributed by atoms with van der Waals surface area (Å²) in [6, 6.07) is -0.918. The topological polar surface area (TPSA) is 131 Å². The monoisotopic (exact) mass is 394 g/mol. The molecule has 27 heavy (non-hydrogen) atoms. The Labute approximate surface area is 158 Å². The molecular weight excluding hydrogens is 376 g/mol. The number of amides is 2. The average Bonchev–Trinajstić information content (AvgIpc) is 3.20. The Bertz CT molecular complexity index is 854. The van der Waals surface area contributed by atoms with Gasteiger partial charge in [-0.05, 0) is 29.3 Å². The Balaban J connectivity index is 1.59. The van der Waals surface area contributed by atoms with Gasteiger partial charge >= 0.3 is 12.1 Å². The van der Waals surface area contributed by atoms with E-state index in [2.05, 4.69) is 15.5 Å². The Morgan fingerprint density at radius 1 is 1.41 bits per heavy atom. The standard InChI is InChI=1S/C15H18N6O5S/c1-3-26-15(25)20-5-7-4-8(6-27-14-16-17-18-19(14)2)10(13(23)24)21-9(7)11(20)12(21)22/h7,9,11H,3-6H2,1-2H3,(H,23,24)/t7-,9-,11+/m1/s1. The van der Waals surface area contributed by atoms with E-state index in [0.29, 0.717) is 29.4 Å². The van der Waals surface area contributed by atoms with Crippen LogP contribution in [-0.2, 0) is 21.4 Å². The molecule has 1 aromatic rings. The Kier molecular flexibility index (Phi) is 4.29. The van der Waals surface area contributed by atoms with E-state index in [1.807, 2.05) is 0 Å². The molecule has 0 radical (unpaired) electrons. The molecule has 1 N–H and O–H groups in total. The van der Waals surface area contributed by atoms with Crippen LogP contribution in [0.15, 0.2) is 16.4 Å². The third kappa shape index (κ3) is 2.66. The van der Waals surface area contributed by atoms with Gasteiger partial charge in [-0.1, -0.05) is 11.8 Å². The van der Waals surface area contributed by atoms with Crippen LogP contribution in [0.2, 0.25) is 0 Å². The summed E-state index contributed by atoms with van der Waals surface area (Å²) in [7, 11) is 1.70. The first-order chi connectivity index (χ1) is 12.9. The zero-order valence-electron chi connectivity index (χ0n) is 14.7. The molecule has 12 heteroatoms. The molecule has 3 aliphatic heterocycles. The molecule has 1 aromatic heterocycles. The van der Waals surface area contributed by atoms with Crippen LogP contribution in [-0.4, -0.2) is 84.1 Å². The molecule has 2 amide bonds. The first kappa shape index (κ1) is 17.8. The second-order valence-corrected chi connectivity index (χ2v) is 7.53. The van der Waals surface area contributed by atoms with E-state index in [4.69, 9.17) is 4.74 Å². The van der Waals surface area contributed by atoms with Crippen LogP contribution in [0, 0.1) is 5.92 Å². The second-order valence-electron chi connectivity index (χ2n) is 6.59. The predicted molar refractivity (Wildman–Crippen MR) is 90.4 cm³/mol. The van der Waals surface area contributed by atoms with Crippen molar-refractivity contribution >= 4 is 29.7 Å². The number of β-lactam (4-membered cyclic amide) rings is 1. The van der Waals surface area contributed by atoms with E-state index in [9.17, 15) is 19.5 Å². The Hall–Kier alpha value is -2.63. The fraction of sp³-hybridized carbons (Fsp3) is 0.600. The smallest absolute Gasteiger partial charge is 0.410 e. The number of ether oxygens (including phenoxy) is 1. The molecule has 0 aliphatic carbocycles. The first-order valence-electron chi connectivity index (χ1n) is 8.51. The highest BCUT2D eigenvalue weighted by molar-refractivity contribution is 7.99. The SMILES string of the molecule is CCOC(=O)N1C[C@H]2CC(CSc3nnnn3C)=C(C(=O)O)N3C(=O)[C@@H]1[C@@H]23. The highest BCUT2D eigenvalue weighted by Gasteiger charge is 2.64. The largest absolute Gasteiger partial charge is 0.477 e. The van der Waals surface area contributed by atoms with Crippen molar-refractivity contribution in [1.82, 2.24) is 30.0 Å². The second kappa shape index (κ2) is 6.51. The van der Waals surface area contributed by atoms with Crippen molar-refractivity contribution in [2.24, 2.45) is 13.0 Å². The van der Waals surface area contributed by atoms with Gasteiger partial charge in [0.15, 0.2) is 0 Å². The Morgan fingerprint density at radius 3 is 2.81 bits per heavy atom. The number of nitrogens with zero attached hydrogens (tertiary/aromatic N) is 6. The van der Waals surface area contributed by atoms with Crippen molar-refractivity contribution in [3.63, 3.8) is 0 Å². The summed E-state index contributed by atoms with van der Waals surface area (Å²) in [4.78, 5) is 39.5. The number of carbonyl (C=O) groups excluding carboxylic acids is 2. The molecule has 11 nitrogen and oxygen atoms in total. The van der Waals surface area contributed by atoms with Gasteiger partial charge in [-0.3, -0.25) is 14.6 Å². The van der Waals surface area contributed by atoms with Gasteiger partial charge in [0.05, 0.1) is 12.6 Å². The number of hydrogen-bond donors (Lipinski definition) is 1. The van der Waals surface area contributed by atoms with Gasteiger partial charge in [-0.15, -0.1) is 5.10 Å². The molecule has 144 valence electrons. The van der Waals surface area contributed by atoms with E-state index in [1.165, 1.54) is 26.2 Å². The number of carboxylic acids is 1. The minimum absolute atomic E-state index is 0.00609. The van der Waals surface area contributed by atoms with Crippen molar-refractivity contribution in [3.8, 4) is 0 Å². The number of likely N-dealkylation sites (tertiary alicyclic amines) is 1. The van der Waals surface area contributed by atoms with Crippen molar-refractivity contribution in [2.45, 2.75) is 30.6 Å². The van der Waals surface area contributed by atoms with E-state index >= 15 is 0 Å². The summed E-state index contributed by atoms with van der Waals surface area (Å²) < 4.78 is 6.54. The number of aryl methyl sites for hydroxylation is 1. The van der Waals surface area contributed by atoms with Gasteiger partial charge in [-0.25, -0.2) is 14.3 Å². The molecule has 0 bridgehead atoms. The number of aliphatic carboxylic acids is 1. The number of rotatable bonds is 5. The summed E-state index contributed by atoms with van der Waals surface area (Å²) in [6.45, 7) is 2.31. The summed E-state index contributed by atoms with van der Waals surface area (Å²) in [5.74, 6) is -1.15. The lowest BCUT2D eigenvalue weighted by Crippen LogP contribution is -2.69. The van der Waals surface area contributed by atoms with E-state index in [-0.39, 0.29) is 30.2 Å². The van der Waals surface area contributed by atoms with Crippen LogP contribution in [0.25, 0.3) is 0 Å². The number of thioether (sulfide) groups is 1. The highest BCUT2D eigenvalue weighted by Crippen LogP contribution is 2.47. The zero-order valence-corrected chi connectivity index (χ0v) is 15.5. The van der Waals surface area contributed by atoms with E-state index in [1.54, 1.807) is 14.0 Å².